The lowest BCUT2D eigenvalue weighted by Gasteiger charge is -2.24. The number of benzene rings is 5. The molecule has 0 saturated heterocycles. The number of unbranched alkanes of at least 4 members (excludes halogenated alkanes) is 8. The zero-order chi connectivity index (χ0) is 44.8. The maximum absolute atomic E-state index is 13.9. The number of Topliss-reactive ketones (excluding diaryl/α,β-unsaturated/α-hetero) is 1. The number of carbonyl (C=O) groups is 4. The molecule has 0 saturated carbocycles. The molecule has 5 aromatic rings. The standard InChI is InChI=1S/C48H54N4O9S/c1-6-8-9-10-11-12-13-14-15-20-44(53)33-22-21-32(3)42(30-33)49-46(55)41-31-43(39-18-16-17-19-40(39)45(41)54)51-50-36-23-25-38(26-24-36)62(58,59)52(7-2)37-28-34(47(56)60-4)27-35(29-37)48(57)61-5/h16-19,21-31,54H,6-15,20H2,1-5H3,(H,49,55). The number of rotatable bonds is 21. The summed E-state index contributed by atoms with van der Waals surface area (Å²) >= 11 is 0. The average molecular weight is 863 g/mol. The summed E-state index contributed by atoms with van der Waals surface area (Å²) in [5.74, 6) is -2.38. The number of nitrogens with one attached hydrogen (secondary N) is 1. The second-order valence-corrected chi connectivity index (χ2v) is 16.8. The van der Waals surface area contributed by atoms with Gasteiger partial charge in [0, 0.05) is 35.0 Å². The molecule has 0 unspecified atom stereocenters. The van der Waals surface area contributed by atoms with Gasteiger partial charge in [-0.1, -0.05) is 94.7 Å². The Balaban J connectivity index is 1.33. The first-order valence-electron chi connectivity index (χ1n) is 20.9. The monoisotopic (exact) mass is 862 g/mol. The lowest BCUT2D eigenvalue weighted by atomic mass is 10.0. The maximum Gasteiger partial charge on any atom is 0.337 e. The number of anilines is 2. The van der Waals surface area contributed by atoms with Crippen LogP contribution in [0.15, 0.2) is 106 Å². The van der Waals surface area contributed by atoms with Gasteiger partial charge in [0.2, 0.25) is 0 Å². The van der Waals surface area contributed by atoms with E-state index in [1.165, 1.54) is 101 Å². The molecule has 0 bridgehead atoms. The molecule has 0 aliphatic heterocycles. The topological polar surface area (TPSA) is 181 Å². The van der Waals surface area contributed by atoms with E-state index in [2.05, 4.69) is 22.5 Å². The van der Waals surface area contributed by atoms with Gasteiger partial charge in [-0.3, -0.25) is 13.9 Å². The molecule has 2 N–H and O–H groups in total. The van der Waals surface area contributed by atoms with Crippen molar-refractivity contribution in [3.05, 3.63) is 119 Å². The predicted molar refractivity (Wildman–Crippen MR) is 241 cm³/mol. The number of amides is 1. The van der Waals surface area contributed by atoms with E-state index in [-0.39, 0.29) is 56.7 Å². The van der Waals surface area contributed by atoms with Crippen LogP contribution in [0.5, 0.6) is 5.75 Å². The summed E-state index contributed by atoms with van der Waals surface area (Å²) in [6, 6.07) is 23.0. The molecule has 0 radical (unpaired) electrons. The van der Waals surface area contributed by atoms with Crippen molar-refractivity contribution in [3.8, 4) is 5.75 Å². The van der Waals surface area contributed by atoms with Gasteiger partial charge in [-0.05, 0) is 80.4 Å². The van der Waals surface area contributed by atoms with Gasteiger partial charge in [0.05, 0.1) is 52.9 Å². The Hall–Kier alpha value is -6.41. The number of phenols is 1. The largest absolute Gasteiger partial charge is 0.506 e. The van der Waals surface area contributed by atoms with Crippen molar-refractivity contribution in [3.63, 3.8) is 0 Å². The van der Waals surface area contributed by atoms with Crippen LogP contribution >= 0.6 is 0 Å². The highest BCUT2D eigenvalue weighted by Crippen LogP contribution is 2.38. The van der Waals surface area contributed by atoms with E-state index in [0.29, 0.717) is 28.4 Å². The van der Waals surface area contributed by atoms with E-state index in [1.54, 1.807) is 49.4 Å². The first-order valence-corrected chi connectivity index (χ1v) is 22.3. The number of hydrogen-bond acceptors (Lipinski definition) is 11. The van der Waals surface area contributed by atoms with Gasteiger partial charge < -0.3 is 19.9 Å². The second kappa shape index (κ2) is 21.9. The van der Waals surface area contributed by atoms with Gasteiger partial charge in [-0.2, -0.15) is 5.11 Å². The van der Waals surface area contributed by atoms with Crippen LogP contribution in [-0.2, 0) is 19.5 Å². The highest BCUT2D eigenvalue weighted by atomic mass is 32.2. The maximum atomic E-state index is 13.9. The number of sulfonamides is 1. The molecule has 326 valence electrons. The molecule has 5 rings (SSSR count). The number of phenolic OH excluding ortho intramolecular Hbond substituents is 1. The van der Waals surface area contributed by atoms with Crippen LogP contribution in [0.4, 0.5) is 22.7 Å². The Bertz CT molecular complexity index is 2520. The summed E-state index contributed by atoms with van der Waals surface area (Å²) < 4.78 is 38.5. The average Bonchev–Trinajstić information content (AvgIpc) is 3.28. The SMILES string of the molecule is CCCCCCCCCCCC(=O)c1ccc(C)c(NC(=O)c2cc(N=Nc3ccc(S(=O)(=O)N(CC)c4cc(C(=O)OC)cc(C(=O)OC)c4)cc3)c3ccccc3c2O)c1. The molecule has 0 spiro atoms. The van der Waals surface area contributed by atoms with Gasteiger partial charge >= 0.3 is 11.9 Å². The van der Waals surface area contributed by atoms with E-state index in [9.17, 15) is 32.7 Å². The van der Waals surface area contributed by atoms with E-state index >= 15 is 0 Å². The summed E-state index contributed by atoms with van der Waals surface area (Å²) in [6.07, 6.45) is 10.8. The quantitative estimate of drug-likeness (QED) is 0.0314. The fourth-order valence-corrected chi connectivity index (χ4v) is 8.56. The zero-order valence-corrected chi connectivity index (χ0v) is 36.7. The normalized spacial score (nSPS) is 11.4. The molecule has 0 atom stereocenters. The van der Waals surface area contributed by atoms with E-state index < -0.39 is 27.9 Å². The first-order chi connectivity index (χ1) is 29.8. The molecular weight excluding hydrogens is 809 g/mol. The van der Waals surface area contributed by atoms with Gasteiger partial charge in [-0.25, -0.2) is 18.0 Å². The van der Waals surface area contributed by atoms with E-state index in [0.717, 1.165) is 29.1 Å². The smallest absolute Gasteiger partial charge is 0.337 e. The van der Waals surface area contributed by atoms with Crippen LogP contribution in [0.2, 0.25) is 0 Å². The van der Waals surface area contributed by atoms with Crippen LogP contribution < -0.4 is 9.62 Å². The Kier molecular flexibility index (Phi) is 16.5. The van der Waals surface area contributed by atoms with Crippen molar-refractivity contribution in [1.29, 1.82) is 0 Å². The van der Waals surface area contributed by atoms with Crippen LogP contribution in [0, 0.1) is 6.92 Å². The van der Waals surface area contributed by atoms with E-state index in [4.69, 9.17) is 9.47 Å². The zero-order valence-electron chi connectivity index (χ0n) is 35.9. The summed E-state index contributed by atoms with van der Waals surface area (Å²) in [5.41, 5.74) is 2.17. The highest BCUT2D eigenvalue weighted by molar-refractivity contribution is 7.92. The number of esters is 2. The molecule has 0 heterocycles. The number of aromatic hydroxyl groups is 1. The van der Waals surface area contributed by atoms with E-state index in [1.807, 2.05) is 6.92 Å². The first kappa shape index (κ1) is 46.7. The molecule has 0 aliphatic carbocycles. The Morgan fingerprint density at radius 3 is 1.89 bits per heavy atom. The lowest BCUT2D eigenvalue weighted by molar-refractivity contribution is 0.0598. The van der Waals surface area contributed by atoms with Gasteiger partial charge in [0.25, 0.3) is 15.9 Å². The van der Waals surface area contributed by atoms with Crippen molar-refractivity contribution in [2.45, 2.75) is 89.9 Å². The molecule has 0 fully saturated rings. The lowest BCUT2D eigenvalue weighted by Crippen LogP contribution is -2.31. The summed E-state index contributed by atoms with van der Waals surface area (Å²) in [6.45, 7) is 5.60. The van der Waals surface area contributed by atoms with Crippen LogP contribution in [0.25, 0.3) is 10.8 Å². The number of ketones is 1. The molecule has 62 heavy (non-hydrogen) atoms. The summed E-state index contributed by atoms with van der Waals surface area (Å²) in [5, 5.41) is 23.8. The van der Waals surface area contributed by atoms with Crippen LogP contribution in [0.1, 0.15) is 125 Å². The molecule has 0 aliphatic rings. The molecule has 5 aromatic carbocycles. The number of fused-ring (bicyclic) bond motifs is 1. The van der Waals surface area contributed by atoms with Gasteiger partial charge in [0.15, 0.2) is 5.78 Å². The highest BCUT2D eigenvalue weighted by Gasteiger charge is 2.26. The van der Waals surface area contributed by atoms with Crippen molar-refractivity contribution < 1.29 is 42.2 Å². The van der Waals surface area contributed by atoms with Crippen LogP contribution in [-0.4, -0.2) is 57.9 Å². The number of methoxy groups -OCH3 is 2. The fraction of sp³-hybridized carbons (Fsp3) is 0.333. The number of carbonyl (C=O) groups excluding carboxylic acids is 4. The minimum absolute atomic E-state index is 0.00710. The van der Waals surface area contributed by atoms with Crippen molar-refractivity contribution >= 4 is 67.2 Å². The molecule has 0 aromatic heterocycles. The number of aryl methyl sites for hydroxylation is 1. The number of azo groups is 1. The Labute approximate surface area is 363 Å². The minimum atomic E-state index is -4.22. The third-order valence-corrected chi connectivity index (χ3v) is 12.5. The molecule has 1 amide bonds. The summed E-state index contributed by atoms with van der Waals surface area (Å²) in [7, 11) is -1.87. The number of hydrogen-bond donors (Lipinski definition) is 2. The predicted octanol–water partition coefficient (Wildman–Crippen LogP) is 11.4. The number of ether oxygens (including phenoxy) is 2. The number of nitrogens with zero attached hydrogens (tertiary/aromatic N) is 3. The fourth-order valence-electron chi connectivity index (χ4n) is 7.10. The molecule has 13 nitrogen and oxygen atoms in total. The second-order valence-electron chi connectivity index (χ2n) is 14.9. The van der Waals surface area contributed by atoms with Gasteiger partial charge in [-0.15, -0.1) is 5.11 Å². The van der Waals surface area contributed by atoms with Crippen LogP contribution in [0.3, 0.4) is 0 Å². The molecule has 14 heteroatoms. The third-order valence-electron chi connectivity index (χ3n) is 10.6. The van der Waals surface area contributed by atoms with Gasteiger partial charge in [0.1, 0.15) is 5.75 Å². The Morgan fingerprint density at radius 2 is 1.29 bits per heavy atom. The van der Waals surface area contributed by atoms with Crippen molar-refractivity contribution in [2.75, 3.05) is 30.4 Å². The minimum Gasteiger partial charge on any atom is -0.506 e. The Morgan fingerprint density at radius 1 is 0.694 bits per heavy atom. The molecular formula is C48H54N4O9S. The summed E-state index contributed by atoms with van der Waals surface area (Å²) in [4.78, 5) is 51.6. The van der Waals surface area contributed by atoms with Crippen molar-refractivity contribution in [1.82, 2.24) is 0 Å². The van der Waals surface area contributed by atoms with Crippen molar-refractivity contribution in [2.24, 2.45) is 10.2 Å². The third kappa shape index (κ3) is 11.5.